The molecule has 0 saturated carbocycles. The third kappa shape index (κ3) is 8.27. The van der Waals surface area contributed by atoms with Gasteiger partial charge in [0.1, 0.15) is 5.78 Å². The van der Waals surface area contributed by atoms with Gasteiger partial charge >= 0.3 is 88.4 Å². The van der Waals surface area contributed by atoms with Gasteiger partial charge in [0, 0.05) is 6.42 Å². The van der Waals surface area contributed by atoms with Gasteiger partial charge in [0.2, 0.25) is 0 Å². The molecule has 0 aromatic heterocycles. The molecule has 2 aromatic rings. The summed E-state index contributed by atoms with van der Waals surface area (Å²) in [6.45, 7) is 2.95. The van der Waals surface area contributed by atoms with Crippen molar-refractivity contribution >= 4 is 35.9 Å². The summed E-state index contributed by atoms with van der Waals surface area (Å²) in [5.41, 5.74) is 1.61. The zero-order valence-electron chi connectivity index (χ0n) is 14.6. The molecule has 0 radical (unpaired) electrons. The summed E-state index contributed by atoms with van der Waals surface area (Å²) in [4.78, 5) is 21.3. The minimum atomic E-state index is -4.83. The molecule has 0 aliphatic rings. The summed E-state index contributed by atoms with van der Waals surface area (Å²) >= 11 is -4.83. The van der Waals surface area contributed by atoms with Crippen LogP contribution in [0.1, 0.15) is 25.8 Å². The van der Waals surface area contributed by atoms with Crippen molar-refractivity contribution in [2.24, 2.45) is 0 Å². The van der Waals surface area contributed by atoms with Crippen LogP contribution in [0.2, 0.25) is 0 Å². The average molecular weight is 423 g/mol. The summed E-state index contributed by atoms with van der Waals surface area (Å²) < 4.78 is 23.9. The van der Waals surface area contributed by atoms with Crippen molar-refractivity contribution in [2.75, 3.05) is 5.32 Å². The van der Waals surface area contributed by atoms with Gasteiger partial charge in [-0.2, -0.15) is 0 Å². The van der Waals surface area contributed by atoms with E-state index in [0.29, 0.717) is 12.1 Å². The number of Topliss-reactive ketones (excluding diaryl/α,β-unsaturated/α-hetero) is 1. The molecule has 7 nitrogen and oxygen atoms in total. The first-order valence-electron chi connectivity index (χ1n) is 7.82. The molecule has 0 saturated heterocycles. The van der Waals surface area contributed by atoms with E-state index in [-0.39, 0.29) is 16.0 Å². The van der Waals surface area contributed by atoms with E-state index in [1.54, 1.807) is 13.0 Å². The maximum atomic E-state index is 11.3. The van der Waals surface area contributed by atoms with E-state index < -0.39 is 14.2 Å². The van der Waals surface area contributed by atoms with Crippen molar-refractivity contribution in [1.29, 1.82) is 0 Å². The number of carbonyl (C=O) groups excluding carboxylic acids is 2. The van der Waals surface area contributed by atoms with Gasteiger partial charge in [0.25, 0.3) is 0 Å². The van der Waals surface area contributed by atoms with E-state index in [1.165, 1.54) is 30.7 Å². The van der Waals surface area contributed by atoms with Crippen LogP contribution in [0.4, 0.5) is 5.69 Å². The number of rotatable bonds is 6. The molecule has 8 heteroatoms. The van der Waals surface area contributed by atoms with Crippen molar-refractivity contribution in [3.05, 3.63) is 60.2 Å². The fourth-order valence-electron chi connectivity index (χ4n) is 1.97. The Kier molecular flexibility index (Phi) is 9.02. The van der Waals surface area contributed by atoms with Gasteiger partial charge in [-0.15, -0.1) is 0 Å². The van der Waals surface area contributed by atoms with Gasteiger partial charge in [-0.1, -0.05) is 30.3 Å². The Morgan fingerprint density at radius 3 is 2.27 bits per heavy atom. The van der Waals surface area contributed by atoms with Crippen LogP contribution in [0.3, 0.4) is 0 Å². The number of ketones is 1. The molecule has 1 amide bonds. The van der Waals surface area contributed by atoms with Crippen molar-refractivity contribution in [3.8, 4) is 0 Å². The molecule has 3 N–H and O–H groups in total. The normalized spacial score (nSPS) is 12.3. The number of carbonyl (C=O) groups is 2. The third-order valence-corrected chi connectivity index (χ3v) is 5.63. The van der Waals surface area contributed by atoms with Crippen LogP contribution in [-0.4, -0.2) is 35.2 Å². The minimum absolute atomic E-state index is 0.0399. The van der Waals surface area contributed by atoms with Crippen LogP contribution in [0.5, 0.6) is 0 Å². The fraction of sp³-hybridized carbons (Fsp3) is 0.222. The molecule has 0 bridgehead atoms. The summed E-state index contributed by atoms with van der Waals surface area (Å²) in [7, 11) is 0. The maximum absolute atomic E-state index is 11.3. The second kappa shape index (κ2) is 10.7. The average Bonchev–Trinajstić information content (AvgIpc) is 2.61. The van der Waals surface area contributed by atoms with E-state index >= 15 is 0 Å². The molecular weight excluding hydrogens is 401 g/mol. The number of hydrogen-bond donors (Lipinski definition) is 3. The first-order chi connectivity index (χ1) is 12.2. The zero-order chi connectivity index (χ0) is 19.6. The van der Waals surface area contributed by atoms with E-state index in [1.807, 2.05) is 30.3 Å². The van der Waals surface area contributed by atoms with Crippen LogP contribution in [0.25, 0.3) is 0 Å². The Morgan fingerprint density at radius 2 is 1.73 bits per heavy atom. The van der Waals surface area contributed by atoms with Gasteiger partial charge in [-0.05, 0) is 18.9 Å². The van der Waals surface area contributed by atoms with Gasteiger partial charge in [0.05, 0.1) is 0 Å². The van der Waals surface area contributed by atoms with Crippen LogP contribution >= 0.6 is 0 Å². The first kappa shape index (κ1) is 21.9. The number of hydrogen-bond acceptors (Lipinski definition) is 5. The Bertz CT molecular complexity index is 778. The molecule has 0 heterocycles. The topological polar surface area (TPSA) is 113 Å². The Balaban J connectivity index is 0.000000273. The van der Waals surface area contributed by atoms with Crippen molar-refractivity contribution in [1.82, 2.24) is 0 Å². The fourth-order valence-corrected chi connectivity index (χ4v) is 3.38. The summed E-state index contributed by atoms with van der Waals surface area (Å²) in [5, 5.41) is 10.7. The molecule has 1 atom stereocenters. The van der Waals surface area contributed by atoms with Crippen LogP contribution in [0, 0.1) is 0 Å². The van der Waals surface area contributed by atoms with Crippen LogP contribution < -0.4 is 9.67 Å². The molecule has 2 aromatic carbocycles. The molecule has 0 aliphatic carbocycles. The van der Waals surface area contributed by atoms with Gasteiger partial charge in [0.15, 0.2) is 0 Å². The molecule has 1 unspecified atom stereocenters. The molecule has 26 heavy (non-hydrogen) atoms. The van der Waals surface area contributed by atoms with E-state index in [2.05, 4.69) is 9.19 Å². The standard InChI is InChI=1S/C10H12O.C8H10AsNO5/c1-9(11)7-8-10-5-3-2-4-6-10;1-6(11)10-8-4-2-3-7(5-8)9(12,13)15-14/h2-6H,7-8H2,1H3;2-5,14H,1H3,(H,10,11)(H,12,13). The van der Waals surface area contributed by atoms with Gasteiger partial charge < -0.3 is 4.79 Å². The predicted octanol–water partition coefficient (Wildman–Crippen LogP) is 1.91. The third-order valence-electron chi connectivity index (χ3n) is 3.21. The zero-order valence-corrected chi connectivity index (χ0v) is 16.5. The Hall–Kier alpha value is -2.18. The SMILES string of the molecule is CC(=O)CCc1ccccc1.CC(=O)Nc1cccc([As](=O)(O)OO)c1. The molecule has 0 fully saturated rings. The quantitative estimate of drug-likeness (QED) is 0.372. The predicted molar refractivity (Wildman–Crippen MR) is 98.2 cm³/mol. The van der Waals surface area contributed by atoms with Gasteiger partial charge in [-0.25, -0.2) is 0 Å². The van der Waals surface area contributed by atoms with Crippen LogP contribution in [-0.2, 0) is 23.6 Å². The number of amides is 1. The Labute approximate surface area is 154 Å². The van der Waals surface area contributed by atoms with Gasteiger partial charge in [-0.3, -0.25) is 0 Å². The number of anilines is 1. The number of aryl methyl sites for hydroxylation is 1. The van der Waals surface area contributed by atoms with Crippen LogP contribution in [0.15, 0.2) is 54.6 Å². The molecule has 2 rings (SSSR count). The Morgan fingerprint density at radius 1 is 1.08 bits per heavy atom. The summed E-state index contributed by atoms with van der Waals surface area (Å²) in [5.74, 6) is -0.0361. The number of benzene rings is 2. The second-order valence-corrected chi connectivity index (χ2v) is 9.13. The summed E-state index contributed by atoms with van der Waals surface area (Å²) in [6, 6.07) is 15.7. The summed E-state index contributed by atoms with van der Waals surface area (Å²) in [6.07, 6.45) is 1.53. The van der Waals surface area contributed by atoms with E-state index in [4.69, 9.17) is 5.26 Å². The van der Waals surface area contributed by atoms with Crippen molar-refractivity contribution in [3.63, 3.8) is 0 Å². The number of nitrogens with one attached hydrogen (secondary N) is 1. The molecular formula is C18H22AsNO6. The molecule has 0 aliphatic heterocycles. The van der Waals surface area contributed by atoms with E-state index in [0.717, 1.165) is 6.42 Å². The second-order valence-electron chi connectivity index (χ2n) is 5.52. The molecule has 0 spiro atoms. The monoisotopic (exact) mass is 423 g/mol. The van der Waals surface area contributed by atoms with E-state index in [9.17, 15) is 17.4 Å². The first-order valence-corrected chi connectivity index (χ1v) is 11.1. The van der Waals surface area contributed by atoms with Crippen molar-refractivity contribution < 1.29 is 26.6 Å². The van der Waals surface area contributed by atoms with Crippen molar-refractivity contribution in [2.45, 2.75) is 26.7 Å². The molecule has 140 valence electrons.